The Balaban J connectivity index is 2.26. The van der Waals surface area contributed by atoms with Crippen LogP contribution in [-0.4, -0.2) is 19.1 Å². The molecule has 1 saturated carbocycles. The van der Waals surface area contributed by atoms with E-state index >= 15 is 0 Å². The van der Waals surface area contributed by atoms with Crippen molar-refractivity contribution >= 4 is 5.97 Å². The molecule has 1 rings (SSSR count). The summed E-state index contributed by atoms with van der Waals surface area (Å²) in [5, 5.41) is 3.27. The number of ether oxygens (including phenoxy) is 1. The highest BCUT2D eigenvalue weighted by Crippen LogP contribution is 2.26. The molecule has 0 spiro atoms. The molecule has 3 nitrogen and oxygen atoms in total. The molecule has 0 aliphatic heterocycles. The van der Waals surface area contributed by atoms with Crippen LogP contribution < -0.4 is 5.32 Å². The Morgan fingerprint density at radius 3 is 3.00 bits per heavy atom. The van der Waals surface area contributed by atoms with Gasteiger partial charge in [-0.3, -0.25) is 0 Å². The Morgan fingerprint density at radius 2 is 2.33 bits per heavy atom. The van der Waals surface area contributed by atoms with E-state index in [1.807, 2.05) is 0 Å². The molecule has 0 aromatic carbocycles. The van der Waals surface area contributed by atoms with Crippen LogP contribution in [-0.2, 0) is 9.53 Å². The van der Waals surface area contributed by atoms with Crippen LogP contribution in [0.25, 0.3) is 0 Å². The first-order chi connectivity index (χ1) is 7.26. The van der Waals surface area contributed by atoms with Gasteiger partial charge >= 0.3 is 5.97 Å². The van der Waals surface area contributed by atoms with Crippen LogP contribution in [0, 0.1) is 5.92 Å². The third-order valence-corrected chi connectivity index (χ3v) is 3.11. The molecule has 0 aromatic heterocycles. The third-order valence-electron chi connectivity index (χ3n) is 3.11. The Bertz CT molecular complexity index is 226. The molecule has 0 amide bonds. The summed E-state index contributed by atoms with van der Waals surface area (Å²) >= 11 is 0. The van der Waals surface area contributed by atoms with E-state index in [1.54, 1.807) is 6.20 Å². The van der Waals surface area contributed by atoms with Gasteiger partial charge in [0.05, 0.1) is 7.11 Å². The van der Waals surface area contributed by atoms with E-state index in [9.17, 15) is 4.79 Å². The first kappa shape index (κ1) is 12.1. The van der Waals surface area contributed by atoms with Gasteiger partial charge in [0, 0.05) is 18.3 Å². The third kappa shape index (κ3) is 4.36. The summed E-state index contributed by atoms with van der Waals surface area (Å²) in [6.07, 6.45) is 9.50. The Hall–Kier alpha value is -0.990. The largest absolute Gasteiger partial charge is 0.466 e. The lowest BCUT2D eigenvalue weighted by atomic mass is 9.84. The zero-order chi connectivity index (χ0) is 11.1. The molecule has 2 atom stereocenters. The van der Waals surface area contributed by atoms with E-state index in [0.29, 0.717) is 6.04 Å². The fourth-order valence-electron chi connectivity index (χ4n) is 2.13. The van der Waals surface area contributed by atoms with Crippen LogP contribution in [0.5, 0.6) is 0 Å². The average molecular weight is 211 g/mol. The van der Waals surface area contributed by atoms with Gasteiger partial charge in [-0.25, -0.2) is 4.79 Å². The zero-order valence-electron chi connectivity index (χ0n) is 9.66. The molecule has 0 saturated heterocycles. The number of rotatable bonds is 4. The lowest BCUT2D eigenvalue weighted by Gasteiger charge is -2.28. The van der Waals surface area contributed by atoms with Gasteiger partial charge in [0.25, 0.3) is 0 Å². The SMILES string of the molecule is CCC1CCCC(N/C=C/C(=O)OC)C1. The molecule has 0 aromatic rings. The van der Waals surface area contributed by atoms with E-state index in [1.165, 1.54) is 45.3 Å². The Kier molecular flexibility index (Phi) is 5.22. The first-order valence-electron chi connectivity index (χ1n) is 5.76. The highest BCUT2D eigenvalue weighted by atomic mass is 16.5. The maximum Gasteiger partial charge on any atom is 0.331 e. The number of hydrogen-bond donors (Lipinski definition) is 1. The van der Waals surface area contributed by atoms with Gasteiger partial charge < -0.3 is 10.1 Å². The summed E-state index contributed by atoms with van der Waals surface area (Å²) in [6, 6.07) is 0.532. The molecule has 0 heterocycles. The van der Waals surface area contributed by atoms with Crippen molar-refractivity contribution in [2.45, 2.75) is 45.1 Å². The molecule has 86 valence electrons. The van der Waals surface area contributed by atoms with Crippen molar-refractivity contribution < 1.29 is 9.53 Å². The highest BCUT2D eigenvalue weighted by molar-refractivity contribution is 5.81. The summed E-state index contributed by atoms with van der Waals surface area (Å²) < 4.78 is 4.52. The summed E-state index contributed by atoms with van der Waals surface area (Å²) in [4.78, 5) is 10.8. The van der Waals surface area contributed by atoms with Crippen molar-refractivity contribution in [2.24, 2.45) is 5.92 Å². The number of methoxy groups -OCH3 is 1. The molecule has 3 heteroatoms. The second kappa shape index (κ2) is 6.49. The molecule has 1 aliphatic rings. The summed E-state index contributed by atoms with van der Waals surface area (Å²) in [6.45, 7) is 2.25. The predicted molar refractivity (Wildman–Crippen MR) is 60.3 cm³/mol. The van der Waals surface area contributed by atoms with E-state index in [0.717, 1.165) is 5.92 Å². The van der Waals surface area contributed by atoms with Crippen LogP contribution >= 0.6 is 0 Å². The smallest absolute Gasteiger partial charge is 0.331 e. The van der Waals surface area contributed by atoms with Gasteiger partial charge in [0.2, 0.25) is 0 Å². The van der Waals surface area contributed by atoms with Crippen molar-refractivity contribution in [1.82, 2.24) is 5.32 Å². The van der Waals surface area contributed by atoms with Crippen molar-refractivity contribution in [2.75, 3.05) is 7.11 Å². The van der Waals surface area contributed by atoms with Crippen LogP contribution in [0.1, 0.15) is 39.0 Å². The van der Waals surface area contributed by atoms with Gasteiger partial charge in [-0.2, -0.15) is 0 Å². The van der Waals surface area contributed by atoms with Crippen molar-refractivity contribution in [3.8, 4) is 0 Å². The second-order valence-electron chi connectivity index (χ2n) is 4.16. The monoisotopic (exact) mass is 211 g/mol. The standard InChI is InChI=1S/C12H21NO2/c1-3-10-5-4-6-11(9-10)13-8-7-12(14)15-2/h7-8,10-11,13H,3-6,9H2,1-2H3/b8-7+. The molecule has 2 unspecified atom stereocenters. The maximum absolute atomic E-state index is 10.8. The van der Waals surface area contributed by atoms with Gasteiger partial charge in [-0.05, 0) is 18.8 Å². The molecule has 1 N–H and O–H groups in total. The molecule has 1 fully saturated rings. The topological polar surface area (TPSA) is 38.3 Å². The van der Waals surface area contributed by atoms with E-state index in [4.69, 9.17) is 0 Å². The zero-order valence-corrected chi connectivity index (χ0v) is 9.66. The van der Waals surface area contributed by atoms with E-state index in [-0.39, 0.29) is 5.97 Å². The molecule has 0 radical (unpaired) electrons. The lowest BCUT2D eigenvalue weighted by molar-refractivity contribution is -0.134. The fraction of sp³-hybridized carbons (Fsp3) is 0.750. The maximum atomic E-state index is 10.8. The number of esters is 1. The summed E-state index contributed by atoms with van der Waals surface area (Å²) in [5.41, 5.74) is 0. The number of carbonyl (C=O) groups excluding carboxylic acids is 1. The molecular formula is C12H21NO2. The Labute approximate surface area is 91.9 Å². The predicted octanol–water partition coefficient (Wildman–Crippen LogP) is 2.23. The van der Waals surface area contributed by atoms with Crippen molar-refractivity contribution in [1.29, 1.82) is 0 Å². The van der Waals surface area contributed by atoms with Crippen LogP contribution in [0.4, 0.5) is 0 Å². The van der Waals surface area contributed by atoms with Crippen molar-refractivity contribution in [3.05, 3.63) is 12.3 Å². The minimum atomic E-state index is -0.301. The number of hydrogen-bond acceptors (Lipinski definition) is 3. The quantitative estimate of drug-likeness (QED) is 0.572. The van der Waals surface area contributed by atoms with Crippen LogP contribution in [0.3, 0.4) is 0 Å². The first-order valence-corrected chi connectivity index (χ1v) is 5.76. The Morgan fingerprint density at radius 1 is 1.53 bits per heavy atom. The molecular weight excluding hydrogens is 190 g/mol. The van der Waals surface area contributed by atoms with Crippen LogP contribution in [0.15, 0.2) is 12.3 Å². The molecule has 0 bridgehead atoms. The van der Waals surface area contributed by atoms with Gasteiger partial charge in [0.15, 0.2) is 0 Å². The van der Waals surface area contributed by atoms with Gasteiger partial charge in [-0.1, -0.05) is 26.2 Å². The average Bonchev–Trinajstić information content (AvgIpc) is 2.29. The minimum absolute atomic E-state index is 0.301. The van der Waals surface area contributed by atoms with Crippen LogP contribution in [0.2, 0.25) is 0 Å². The number of carbonyl (C=O) groups is 1. The summed E-state index contributed by atoms with van der Waals surface area (Å²) in [5.74, 6) is 0.549. The van der Waals surface area contributed by atoms with Gasteiger partial charge in [-0.15, -0.1) is 0 Å². The second-order valence-corrected chi connectivity index (χ2v) is 4.16. The minimum Gasteiger partial charge on any atom is -0.466 e. The van der Waals surface area contributed by atoms with E-state index in [2.05, 4.69) is 17.0 Å². The summed E-state index contributed by atoms with van der Waals surface area (Å²) in [7, 11) is 1.39. The molecule has 1 aliphatic carbocycles. The molecule has 15 heavy (non-hydrogen) atoms. The van der Waals surface area contributed by atoms with Gasteiger partial charge in [0.1, 0.15) is 0 Å². The lowest BCUT2D eigenvalue weighted by Crippen LogP contribution is -2.30. The van der Waals surface area contributed by atoms with Crippen molar-refractivity contribution in [3.63, 3.8) is 0 Å². The number of nitrogens with one attached hydrogen (secondary N) is 1. The normalized spacial score (nSPS) is 26.5. The van der Waals surface area contributed by atoms with E-state index < -0.39 is 0 Å². The fourth-order valence-corrected chi connectivity index (χ4v) is 2.13. The highest BCUT2D eigenvalue weighted by Gasteiger charge is 2.19.